The lowest BCUT2D eigenvalue weighted by molar-refractivity contribution is -0.125. The number of amides is 3. The lowest BCUT2D eigenvalue weighted by atomic mass is 10.1. The summed E-state index contributed by atoms with van der Waals surface area (Å²) in [6, 6.07) is 5.09. The maximum Gasteiger partial charge on any atom is 0.409 e. The van der Waals surface area contributed by atoms with Crippen molar-refractivity contribution in [2.24, 2.45) is 0 Å². The van der Waals surface area contributed by atoms with Gasteiger partial charge >= 0.3 is 6.09 Å². The van der Waals surface area contributed by atoms with E-state index in [-0.39, 0.29) is 17.9 Å². The average molecular weight is 347 g/mol. The van der Waals surface area contributed by atoms with Gasteiger partial charge in [0.05, 0.1) is 12.8 Å². The van der Waals surface area contributed by atoms with Gasteiger partial charge in [0.15, 0.2) is 6.10 Å². The van der Waals surface area contributed by atoms with Gasteiger partial charge in [-0.1, -0.05) is 0 Å². The average Bonchev–Trinajstić information content (AvgIpc) is 2.65. The van der Waals surface area contributed by atoms with Crippen LogP contribution in [0.15, 0.2) is 18.2 Å². The zero-order valence-corrected chi connectivity index (χ0v) is 14.5. The van der Waals surface area contributed by atoms with E-state index >= 15 is 0 Å². The third kappa shape index (κ3) is 3.11. The zero-order valence-electron chi connectivity index (χ0n) is 14.5. The van der Waals surface area contributed by atoms with Crippen LogP contribution in [0, 0.1) is 0 Å². The van der Waals surface area contributed by atoms with Gasteiger partial charge in [0.25, 0.3) is 11.8 Å². The minimum absolute atomic E-state index is 0.133. The molecule has 0 spiro atoms. The summed E-state index contributed by atoms with van der Waals surface area (Å²) in [5.41, 5.74) is 1.07. The molecule has 1 saturated heterocycles. The molecule has 0 radical (unpaired) electrons. The van der Waals surface area contributed by atoms with Crippen molar-refractivity contribution in [2.45, 2.75) is 13.0 Å². The quantitative estimate of drug-likeness (QED) is 0.756. The molecule has 0 N–H and O–H groups in total. The topological polar surface area (TPSA) is 79.4 Å². The van der Waals surface area contributed by atoms with E-state index in [9.17, 15) is 14.4 Å². The summed E-state index contributed by atoms with van der Waals surface area (Å²) in [4.78, 5) is 41.1. The van der Waals surface area contributed by atoms with Crippen LogP contribution in [-0.2, 0) is 9.53 Å². The molecule has 1 aromatic carbocycles. The third-order valence-electron chi connectivity index (χ3n) is 4.55. The van der Waals surface area contributed by atoms with Crippen LogP contribution in [0.5, 0.6) is 5.75 Å². The summed E-state index contributed by atoms with van der Waals surface area (Å²) >= 11 is 0. The number of methoxy groups -OCH3 is 1. The summed E-state index contributed by atoms with van der Waals surface area (Å²) in [5, 5.41) is 0. The predicted octanol–water partition coefficient (Wildman–Crippen LogP) is 0.955. The van der Waals surface area contributed by atoms with Gasteiger partial charge in [-0.05, 0) is 25.1 Å². The van der Waals surface area contributed by atoms with E-state index in [4.69, 9.17) is 9.47 Å². The Morgan fingerprint density at radius 2 is 1.80 bits per heavy atom. The van der Waals surface area contributed by atoms with Crippen LogP contribution in [0.4, 0.5) is 10.5 Å². The number of likely N-dealkylation sites (N-methyl/N-ethyl adjacent to an activating group) is 1. The highest BCUT2D eigenvalue weighted by molar-refractivity contribution is 6.02. The molecule has 2 heterocycles. The maximum atomic E-state index is 12.7. The van der Waals surface area contributed by atoms with Crippen LogP contribution in [-0.4, -0.2) is 74.1 Å². The Balaban J connectivity index is 1.74. The number of hydrogen-bond donors (Lipinski definition) is 0. The van der Waals surface area contributed by atoms with Crippen molar-refractivity contribution < 1.29 is 23.9 Å². The highest BCUT2D eigenvalue weighted by Gasteiger charge is 2.31. The van der Waals surface area contributed by atoms with Crippen molar-refractivity contribution >= 4 is 23.6 Å². The van der Waals surface area contributed by atoms with Gasteiger partial charge < -0.3 is 24.2 Å². The minimum Gasteiger partial charge on any atom is -0.479 e. The molecule has 2 aliphatic heterocycles. The van der Waals surface area contributed by atoms with Gasteiger partial charge in [-0.15, -0.1) is 0 Å². The summed E-state index contributed by atoms with van der Waals surface area (Å²) < 4.78 is 10.3. The van der Waals surface area contributed by atoms with E-state index in [0.717, 1.165) is 0 Å². The minimum atomic E-state index is -0.537. The number of benzene rings is 1. The summed E-state index contributed by atoms with van der Waals surface area (Å²) in [7, 11) is 3.01. The highest BCUT2D eigenvalue weighted by atomic mass is 16.5. The molecule has 0 aliphatic carbocycles. The number of hydrogen-bond acceptors (Lipinski definition) is 5. The Morgan fingerprint density at radius 1 is 1.16 bits per heavy atom. The number of carbonyl (C=O) groups is 3. The first-order valence-corrected chi connectivity index (χ1v) is 8.13. The van der Waals surface area contributed by atoms with Crippen LogP contribution in [0.2, 0.25) is 0 Å². The Kier molecular flexibility index (Phi) is 4.52. The fourth-order valence-electron chi connectivity index (χ4n) is 3.05. The molecule has 1 fully saturated rings. The molecule has 0 saturated carbocycles. The first-order valence-electron chi connectivity index (χ1n) is 8.13. The van der Waals surface area contributed by atoms with Crippen molar-refractivity contribution in [3.63, 3.8) is 0 Å². The Morgan fingerprint density at radius 3 is 2.44 bits per heavy atom. The summed E-state index contributed by atoms with van der Waals surface area (Å²) in [6.07, 6.45) is -0.919. The largest absolute Gasteiger partial charge is 0.479 e. The predicted molar refractivity (Wildman–Crippen MR) is 89.8 cm³/mol. The summed E-state index contributed by atoms with van der Waals surface area (Å²) in [5.74, 6) is 0.303. The molecule has 3 rings (SSSR count). The number of piperazine rings is 1. The molecule has 1 atom stereocenters. The first kappa shape index (κ1) is 17.1. The van der Waals surface area contributed by atoms with Crippen LogP contribution < -0.4 is 9.64 Å². The SMILES string of the molecule is COC(=O)N1CCN(C(=O)c2ccc3c(c2)N(C)C(=O)C(C)O3)CC1. The van der Waals surface area contributed by atoms with Crippen LogP contribution in [0.3, 0.4) is 0 Å². The zero-order chi connectivity index (χ0) is 18.1. The molecule has 3 amide bonds. The number of carbonyl (C=O) groups excluding carboxylic acids is 3. The van der Waals surface area contributed by atoms with Gasteiger partial charge in [0.1, 0.15) is 5.75 Å². The van der Waals surface area contributed by atoms with E-state index in [0.29, 0.717) is 43.2 Å². The number of fused-ring (bicyclic) bond motifs is 1. The molecule has 2 aliphatic rings. The van der Waals surface area contributed by atoms with Crippen LogP contribution in [0.25, 0.3) is 0 Å². The molecule has 134 valence electrons. The second kappa shape index (κ2) is 6.62. The lowest BCUT2D eigenvalue weighted by Gasteiger charge is -2.34. The number of ether oxygens (including phenoxy) is 2. The molecular formula is C17H21N3O5. The van der Waals surface area contributed by atoms with Crippen molar-refractivity contribution in [2.75, 3.05) is 45.2 Å². The molecule has 1 aromatic rings. The van der Waals surface area contributed by atoms with E-state index in [2.05, 4.69) is 0 Å². The smallest absolute Gasteiger partial charge is 0.409 e. The van der Waals surface area contributed by atoms with Gasteiger partial charge in [-0.3, -0.25) is 9.59 Å². The van der Waals surface area contributed by atoms with Crippen molar-refractivity contribution in [1.82, 2.24) is 9.80 Å². The molecule has 1 unspecified atom stereocenters. The molecule has 25 heavy (non-hydrogen) atoms. The highest BCUT2D eigenvalue weighted by Crippen LogP contribution is 2.34. The number of rotatable bonds is 1. The van der Waals surface area contributed by atoms with Crippen molar-refractivity contribution in [1.29, 1.82) is 0 Å². The van der Waals surface area contributed by atoms with Gasteiger partial charge in [-0.2, -0.15) is 0 Å². The Labute approximate surface area is 145 Å². The Bertz CT molecular complexity index is 712. The van der Waals surface area contributed by atoms with Gasteiger partial charge in [0.2, 0.25) is 0 Å². The van der Waals surface area contributed by atoms with Crippen molar-refractivity contribution in [3.05, 3.63) is 23.8 Å². The molecule has 0 aromatic heterocycles. The van der Waals surface area contributed by atoms with E-state index in [1.165, 1.54) is 12.0 Å². The van der Waals surface area contributed by atoms with Gasteiger partial charge in [0, 0.05) is 38.8 Å². The molecular weight excluding hydrogens is 326 g/mol. The molecule has 8 heteroatoms. The van der Waals surface area contributed by atoms with Crippen LogP contribution in [0.1, 0.15) is 17.3 Å². The molecule has 0 bridgehead atoms. The van der Waals surface area contributed by atoms with Crippen molar-refractivity contribution in [3.8, 4) is 5.75 Å². The second-order valence-corrected chi connectivity index (χ2v) is 6.09. The fraction of sp³-hybridized carbons (Fsp3) is 0.471. The monoisotopic (exact) mass is 347 g/mol. The van der Waals surface area contributed by atoms with E-state index in [1.54, 1.807) is 42.0 Å². The first-order chi connectivity index (χ1) is 11.9. The van der Waals surface area contributed by atoms with E-state index < -0.39 is 6.10 Å². The van der Waals surface area contributed by atoms with E-state index in [1.807, 2.05) is 0 Å². The second-order valence-electron chi connectivity index (χ2n) is 6.09. The standard InChI is InChI=1S/C17H21N3O5/c1-11-15(21)18(2)13-10-12(4-5-14(13)25-11)16(22)19-6-8-20(9-7-19)17(23)24-3/h4-5,10-11H,6-9H2,1-3H3. The Hall–Kier alpha value is -2.77. The van der Waals surface area contributed by atoms with Crippen LogP contribution >= 0.6 is 0 Å². The number of nitrogens with zero attached hydrogens (tertiary/aromatic N) is 3. The maximum absolute atomic E-state index is 12.7. The normalized spacial score (nSPS) is 20.0. The lowest BCUT2D eigenvalue weighted by Crippen LogP contribution is -2.50. The molecule has 8 nitrogen and oxygen atoms in total. The number of anilines is 1. The summed E-state index contributed by atoms with van der Waals surface area (Å²) in [6.45, 7) is 3.44. The fourth-order valence-corrected chi connectivity index (χ4v) is 3.05. The third-order valence-corrected chi connectivity index (χ3v) is 4.55. The van der Waals surface area contributed by atoms with Gasteiger partial charge in [-0.25, -0.2) is 4.79 Å².